The highest BCUT2D eigenvalue weighted by Gasteiger charge is 2.04. The molecular weight excluding hydrogens is 418 g/mol. The molecule has 0 fully saturated rings. The predicted octanol–water partition coefficient (Wildman–Crippen LogP) is 4.48. The number of hydrogen-bond acceptors (Lipinski definition) is 7. The van der Waals surface area contributed by atoms with Crippen LogP contribution in [0, 0.1) is 0 Å². The van der Waals surface area contributed by atoms with Crippen LogP contribution in [-0.2, 0) is 19.8 Å². The lowest BCUT2D eigenvalue weighted by molar-refractivity contribution is 0.283. The molecule has 0 saturated heterocycles. The largest absolute Gasteiger partial charge is 0.489 e. The van der Waals surface area contributed by atoms with E-state index >= 15 is 0 Å². The van der Waals surface area contributed by atoms with Gasteiger partial charge in [0.15, 0.2) is 6.61 Å². The molecule has 1 N–H and O–H groups in total. The Morgan fingerprint density at radius 3 is 2.27 bits per heavy atom. The summed E-state index contributed by atoms with van der Waals surface area (Å²) in [7, 11) is 0. The van der Waals surface area contributed by atoms with Crippen LogP contribution >= 0.6 is 0 Å². The van der Waals surface area contributed by atoms with Crippen LogP contribution in [0.4, 0.5) is 0 Å². The first-order valence-electron chi connectivity index (χ1n) is 10.5. The van der Waals surface area contributed by atoms with Crippen LogP contribution in [0.2, 0.25) is 0 Å². The van der Waals surface area contributed by atoms with E-state index < -0.39 is 0 Å². The highest BCUT2D eigenvalue weighted by atomic mass is 16.5. The van der Waals surface area contributed by atoms with Crippen molar-refractivity contribution in [3.63, 3.8) is 0 Å². The number of H-pyrrole nitrogens is 1. The maximum Gasteiger partial charge on any atom is 0.211 e. The number of nitrogens with one attached hydrogen (secondary N) is 1. The van der Waals surface area contributed by atoms with Gasteiger partial charge in [0.05, 0.1) is 11.2 Å². The van der Waals surface area contributed by atoms with Gasteiger partial charge in [0.2, 0.25) is 5.82 Å². The molecule has 0 aliphatic rings. The van der Waals surface area contributed by atoms with Crippen molar-refractivity contribution in [1.82, 2.24) is 25.6 Å². The molecule has 8 nitrogen and oxygen atoms in total. The third kappa shape index (κ3) is 5.43. The number of para-hydroxylation sites is 1. The highest BCUT2D eigenvalue weighted by Crippen LogP contribution is 2.23. The van der Waals surface area contributed by atoms with E-state index in [9.17, 15) is 0 Å². The number of hydrogen-bond donors (Lipinski definition) is 1. The molecule has 0 aliphatic heterocycles. The molecule has 5 rings (SSSR count). The average molecular weight is 439 g/mol. The third-order valence-corrected chi connectivity index (χ3v) is 4.91. The number of nitrogens with zero attached hydrogens (tertiary/aromatic N) is 4. The number of fused-ring (bicyclic) bond motifs is 1. The van der Waals surface area contributed by atoms with Crippen molar-refractivity contribution in [2.45, 2.75) is 19.8 Å². The maximum atomic E-state index is 5.96. The number of benzene rings is 3. The monoisotopic (exact) mass is 439 g/mol. The summed E-state index contributed by atoms with van der Waals surface area (Å²) in [5.41, 5.74) is 2.81. The molecule has 2 heterocycles. The Morgan fingerprint density at radius 2 is 1.42 bits per heavy atom. The Bertz CT molecular complexity index is 1340. The first-order chi connectivity index (χ1) is 16.3. The molecular formula is C25H21N5O3. The minimum atomic E-state index is 0.242. The minimum Gasteiger partial charge on any atom is -0.489 e. The third-order valence-electron chi connectivity index (χ3n) is 4.91. The van der Waals surface area contributed by atoms with Crippen LogP contribution in [0.15, 0.2) is 84.9 Å². The van der Waals surface area contributed by atoms with Crippen LogP contribution in [0.1, 0.15) is 17.1 Å². The fraction of sp³-hybridized carbons (Fsp3) is 0.120. The van der Waals surface area contributed by atoms with Crippen molar-refractivity contribution >= 4 is 10.9 Å². The Hall–Kier alpha value is -4.46. The summed E-state index contributed by atoms with van der Waals surface area (Å²) in [6.45, 7) is 1.02. The number of tetrazole rings is 1. The molecule has 0 atom stereocenters. The van der Waals surface area contributed by atoms with Gasteiger partial charge in [-0.3, -0.25) is 0 Å². The molecule has 33 heavy (non-hydrogen) atoms. The van der Waals surface area contributed by atoms with Crippen molar-refractivity contribution in [3.8, 4) is 17.2 Å². The Morgan fingerprint density at radius 1 is 0.667 bits per heavy atom. The SMILES string of the molecule is c1cc(OCc2cccc(OCc3nn[nH]n3)c2)cc(OCc2ccc3ccccc3n2)c1. The van der Waals surface area contributed by atoms with Crippen LogP contribution < -0.4 is 14.2 Å². The molecule has 164 valence electrons. The second-order valence-corrected chi connectivity index (χ2v) is 7.31. The molecule has 8 heteroatoms. The van der Waals surface area contributed by atoms with Crippen molar-refractivity contribution in [3.05, 3.63) is 102 Å². The minimum absolute atomic E-state index is 0.242. The van der Waals surface area contributed by atoms with Crippen LogP contribution in [-0.4, -0.2) is 25.6 Å². The summed E-state index contributed by atoms with van der Waals surface area (Å²) in [5.74, 6) is 2.64. The average Bonchev–Trinajstić information content (AvgIpc) is 3.39. The molecule has 5 aromatic rings. The highest BCUT2D eigenvalue weighted by molar-refractivity contribution is 5.78. The number of rotatable bonds is 9. The van der Waals surface area contributed by atoms with Gasteiger partial charge in [-0.05, 0) is 42.0 Å². The first kappa shape index (κ1) is 20.4. The van der Waals surface area contributed by atoms with Gasteiger partial charge in [-0.1, -0.05) is 47.7 Å². The van der Waals surface area contributed by atoms with E-state index in [1.807, 2.05) is 78.9 Å². The second-order valence-electron chi connectivity index (χ2n) is 7.31. The van der Waals surface area contributed by atoms with E-state index in [1.165, 1.54) is 0 Å². The fourth-order valence-electron chi connectivity index (χ4n) is 3.28. The molecule has 0 aliphatic carbocycles. The lowest BCUT2D eigenvalue weighted by atomic mass is 10.2. The Balaban J connectivity index is 1.17. The smallest absolute Gasteiger partial charge is 0.211 e. The number of aromatic nitrogens is 5. The van der Waals surface area contributed by atoms with E-state index in [2.05, 4.69) is 31.7 Å². The van der Waals surface area contributed by atoms with E-state index in [4.69, 9.17) is 14.2 Å². The summed E-state index contributed by atoms with van der Waals surface area (Å²) in [6, 6.07) is 27.3. The normalized spacial score (nSPS) is 10.8. The zero-order chi connectivity index (χ0) is 22.3. The fourth-order valence-corrected chi connectivity index (χ4v) is 3.28. The van der Waals surface area contributed by atoms with E-state index in [-0.39, 0.29) is 6.61 Å². The molecule has 0 bridgehead atoms. The molecule has 0 unspecified atom stereocenters. The lowest BCUT2D eigenvalue weighted by Gasteiger charge is -2.11. The topological polar surface area (TPSA) is 95.0 Å². The molecule has 0 amide bonds. The van der Waals surface area contributed by atoms with Gasteiger partial charge in [0.25, 0.3) is 0 Å². The van der Waals surface area contributed by atoms with Crippen molar-refractivity contribution in [2.75, 3.05) is 0 Å². The maximum absolute atomic E-state index is 5.96. The van der Waals surface area contributed by atoms with Gasteiger partial charge in [-0.25, -0.2) is 4.98 Å². The van der Waals surface area contributed by atoms with Crippen LogP contribution in [0.5, 0.6) is 17.2 Å². The zero-order valence-electron chi connectivity index (χ0n) is 17.7. The zero-order valence-corrected chi connectivity index (χ0v) is 17.7. The lowest BCUT2D eigenvalue weighted by Crippen LogP contribution is -2.00. The van der Waals surface area contributed by atoms with Gasteiger partial charge in [0.1, 0.15) is 30.5 Å². The summed E-state index contributed by atoms with van der Waals surface area (Å²) in [5, 5.41) is 14.8. The quantitative estimate of drug-likeness (QED) is 0.362. The van der Waals surface area contributed by atoms with E-state index in [0.29, 0.717) is 24.8 Å². The molecule has 0 spiro atoms. The number of pyridine rings is 1. The van der Waals surface area contributed by atoms with Gasteiger partial charge in [-0.15, -0.1) is 10.2 Å². The van der Waals surface area contributed by atoms with Gasteiger partial charge >= 0.3 is 0 Å². The summed E-state index contributed by atoms with van der Waals surface area (Å²) in [6.07, 6.45) is 0. The molecule has 0 radical (unpaired) electrons. The van der Waals surface area contributed by atoms with Gasteiger partial charge in [0, 0.05) is 11.5 Å². The molecule has 0 saturated carbocycles. The predicted molar refractivity (Wildman–Crippen MR) is 122 cm³/mol. The number of aromatic amines is 1. The second kappa shape index (κ2) is 9.78. The first-order valence-corrected chi connectivity index (χ1v) is 10.5. The van der Waals surface area contributed by atoms with Gasteiger partial charge < -0.3 is 14.2 Å². The van der Waals surface area contributed by atoms with E-state index in [1.54, 1.807) is 0 Å². The van der Waals surface area contributed by atoms with Crippen LogP contribution in [0.3, 0.4) is 0 Å². The van der Waals surface area contributed by atoms with Crippen molar-refractivity contribution in [1.29, 1.82) is 0 Å². The summed E-state index contributed by atoms with van der Waals surface area (Å²) in [4.78, 5) is 4.65. The Labute approximate surface area is 190 Å². The standard InChI is InChI=1S/C25H21N5O3/c1-2-10-24-19(6-1)11-12-20(26-24)16-32-23-9-4-8-22(14-23)31-15-18-5-3-7-21(13-18)33-17-25-27-29-30-28-25/h1-14H,15-17H2,(H,27,28,29,30). The molecule has 2 aromatic heterocycles. The summed E-state index contributed by atoms with van der Waals surface area (Å²) < 4.78 is 17.6. The van der Waals surface area contributed by atoms with E-state index in [0.717, 1.165) is 33.7 Å². The van der Waals surface area contributed by atoms with Gasteiger partial charge in [-0.2, -0.15) is 5.21 Å². The van der Waals surface area contributed by atoms with Crippen molar-refractivity contribution in [2.24, 2.45) is 0 Å². The molecule has 3 aromatic carbocycles. The summed E-state index contributed by atoms with van der Waals surface area (Å²) >= 11 is 0. The van der Waals surface area contributed by atoms with Crippen molar-refractivity contribution < 1.29 is 14.2 Å². The van der Waals surface area contributed by atoms with Crippen LogP contribution in [0.25, 0.3) is 10.9 Å². The number of ether oxygens (including phenoxy) is 3. The Kier molecular flexibility index (Phi) is 6.06.